The normalized spacial score (nSPS) is 25.3. The maximum Gasteiger partial charge on any atom is 0.208 e. The molecule has 0 radical (unpaired) electrons. The number of benzene rings is 2. The van der Waals surface area contributed by atoms with Crippen molar-refractivity contribution in [1.29, 1.82) is 0 Å². The molecule has 1 saturated heterocycles. The average Bonchev–Trinajstić information content (AvgIpc) is 2.79. The molecule has 1 heterocycles. The van der Waals surface area contributed by atoms with E-state index in [-0.39, 0.29) is 0 Å². The second-order valence-electron chi connectivity index (χ2n) is 8.17. The summed E-state index contributed by atoms with van der Waals surface area (Å²) in [6, 6.07) is 12.7. The lowest BCUT2D eigenvalue weighted by molar-refractivity contribution is -0.292. The van der Waals surface area contributed by atoms with E-state index in [1.165, 1.54) is 7.11 Å². The van der Waals surface area contributed by atoms with E-state index in [2.05, 4.69) is 4.72 Å². The van der Waals surface area contributed by atoms with Crippen LogP contribution in [0.4, 0.5) is 0 Å². The van der Waals surface area contributed by atoms with Gasteiger partial charge >= 0.3 is 0 Å². The molecule has 0 aromatic heterocycles. The van der Waals surface area contributed by atoms with Crippen LogP contribution in [0.3, 0.4) is 0 Å². The first-order valence-corrected chi connectivity index (χ1v) is 13.0. The Bertz CT molecular complexity index is 1050. The molecule has 1 aliphatic rings. The smallest absolute Gasteiger partial charge is 0.208 e. The molecule has 0 bridgehead atoms. The fourth-order valence-corrected chi connectivity index (χ4v) is 4.37. The van der Waals surface area contributed by atoms with E-state index in [9.17, 15) is 23.7 Å². The molecular formula is C23H30ClNO8S. The number of aliphatic hydroxyl groups is 3. The second kappa shape index (κ2) is 11.8. The zero-order valence-electron chi connectivity index (χ0n) is 18.9. The van der Waals surface area contributed by atoms with Gasteiger partial charge in [0.25, 0.3) is 0 Å². The number of nitrogens with one attached hydrogen (secondary N) is 1. The maximum absolute atomic E-state index is 11.1. The summed E-state index contributed by atoms with van der Waals surface area (Å²) in [5.74, 6) is 0.667. The molecule has 0 aliphatic carbocycles. The van der Waals surface area contributed by atoms with Gasteiger partial charge in [0, 0.05) is 18.7 Å². The lowest BCUT2D eigenvalue weighted by Crippen LogP contribution is -2.54. The molecular weight excluding hydrogens is 486 g/mol. The number of rotatable bonds is 10. The van der Waals surface area contributed by atoms with Gasteiger partial charge < -0.3 is 29.5 Å². The topological polar surface area (TPSA) is 135 Å². The molecule has 5 atom stereocenters. The van der Waals surface area contributed by atoms with Crippen LogP contribution in [0.2, 0.25) is 5.02 Å². The summed E-state index contributed by atoms with van der Waals surface area (Å²) in [5, 5.41) is 31.1. The third-order valence-corrected chi connectivity index (χ3v) is 6.57. The third-order valence-electron chi connectivity index (χ3n) is 5.47. The number of hydrogen-bond acceptors (Lipinski definition) is 8. The Morgan fingerprint density at radius 3 is 2.41 bits per heavy atom. The highest BCUT2D eigenvalue weighted by molar-refractivity contribution is 7.88. The maximum atomic E-state index is 11.1. The van der Waals surface area contributed by atoms with Crippen LogP contribution in [0.25, 0.3) is 0 Å². The largest absolute Gasteiger partial charge is 0.494 e. The fraction of sp³-hybridized carbons (Fsp3) is 0.478. The molecule has 0 saturated carbocycles. The van der Waals surface area contributed by atoms with Crippen molar-refractivity contribution in [3.8, 4) is 5.75 Å². The number of halogens is 1. The summed E-state index contributed by atoms with van der Waals surface area (Å²) in [6.45, 7) is 0.689. The number of sulfonamides is 1. The van der Waals surface area contributed by atoms with Crippen LogP contribution in [0, 0.1) is 0 Å². The van der Waals surface area contributed by atoms with E-state index in [1.807, 2.05) is 24.3 Å². The van der Waals surface area contributed by atoms with Crippen LogP contribution in [0.5, 0.6) is 5.75 Å². The summed E-state index contributed by atoms with van der Waals surface area (Å²) in [4.78, 5) is 0. The van der Waals surface area contributed by atoms with Crippen molar-refractivity contribution in [1.82, 2.24) is 4.72 Å². The molecule has 0 unspecified atom stereocenters. The Balaban J connectivity index is 1.63. The summed E-state index contributed by atoms with van der Waals surface area (Å²) < 4.78 is 40.9. The monoisotopic (exact) mass is 515 g/mol. The number of aliphatic hydroxyl groups excluding tert-OH is 3. The molecule has 9 nitrogen and oxygen atoms in total. The van der Waals surface area contributed by atoms with E-state index in [0.29, 0.717) is 42.3 Å². The zero-order valence-corrected chi connectivity index (χ0v) is 20.5. The number of hydrogen-bond donors (Lipinski definition) is 4. The minimum absolute atomic E-state index is 0.312. The molecule has 3 rings (SSSR count). The first kappa shape index (κ1) is 26.8. The Morgan fingerprint density at radius 1 is 1.06 bits per heavy atom. The third kappa shape index (κ3) is 7.12. The van der Waals surface area contributed by atoms with Crippen LogP contribution in [0.15, 0.2) is 42.5 Å². The van der Waals surface area contributed by atoms with Gasteiger partial charge in [-0.3, -0.25) is 0 Å². The van der Waals surface area contributed by atoms with Crippen LogP contribution in [0.1, 0.15) is 29.2 Å². The lowest BCUT2D eigenvalue weighted by atomic mass is 9.92. The molecule has 188 valence electrons. The predicted molar refractivity (Wildman–Crippen MR) is 126 cm³/mol. The van der Waals surface area contributed by atoms with Crippen molar-refractivity contribution < 1.29 is 37.9 Å². The van der Waals surface area contributed by atoms with E-state index in [4.69, 9.17) is 25.8 Å². The van der Waals surface area contributed by atoms with Gasteiger partial charge in [-0.15, -0.1) is 0 Å². The Morgan fingerprint density at radius 2 is 1.76 bits per heavy atom. The van der Waals surface area contributed by atoms with Crippen molar-refractivity contribution in [2.24, 2.45) is 0 Å². The first-order valence-electron chi connectivity index (χ1n) is 10.8. The zero-order chi connectivity index (χ0) is 24.9. The highest BCUT2D eigenvalue weighted by Gasteiger charge is 2.44. The van der Waals surface area contributed by atoms with E-state index in [1.54, 1.807) is 18.2 Å². The minimum atomic E-state index is -3.20. The summed E-state index contributed by atoms with van der Waals surface area (Å²) in [5.41, 5.74) is 2.37. The molecule has 4 N–H and O–H groups in total. The van der Waals surface area contributed by atoms with Crippen molar-refractivity contribution in [3.63, 3.8) is 0 Å². The molecule has 1 aliphatic heterocycles. The molecule has 0 spiro atoms. The summed E-state index contributed by atoms with van der Waals surface area (Å²) in [7, 11) is -1.85. The summed E-state index contributed by atoms with van der Waals surface area (Å²) in [6.07, 6.45) is -3.92. The summed E-state index contributed by atoms with van der Waals surface area (Å²) >= 11 is 6.40. The van der Waals surface area contributed by atoms with Gasteiger partial charge in [0.1, 0.15) is 30.2 Å². The van der Waals surface area contributed by atoms with Crippen molar-refractivity contribution in [2.75, 3.05) is 26.5 Å². The molecule has 1 fully saturated rings. The highest BCUT2D eigenvalue weighted by Crippen LogP contribution is 2.34. The highest BCUT2D eigenvalue weighted by atomic mass is 35.5. The second-order valence-corrected chi connectivity index (χ2v) is 10.4. The van der Waals surface area contributed by atoms with Gasteiger partial charge in [-0.25, -0.2) is 13.1 Å². The van der Waals surface area contributed by atoms with Gasteiger partial charge in [0.15, 0.2) is 6.29 Å². The van der Waals surface area contributed by atoms with Gasteiger partial charge in [-0.1, -0.05) is 35.9 Å². The SMILES string of the molecule is CO[C@H]1O[C@@H](c2ccc(Cl)c(Cc3ccc(OCCCNS(C)(=O)=O)cc3)c2)[C@H](O)[C@@H](O)[C@@H]1O. The average molecular weight is 516 g/mol. The Hall–Kier alpha value is -1.76. The van der Waals surface area contributed by atoms with Crippen molar-refractivity contribution >= 4 is 21.6 Å². The molecule has 2 aromatic rings. The fourth-order valence-electron chi connectivity index (χ4n) is 3.67. The van der Waals surface area contributed by atoms with Gasteiger partial charge in [-0.05, 0) is 47.7 Å². The Labute approximate surface area is 204 Å². The molecule has 2 aromatic carbocycles. The molecule has 11 heteroatoms. The van der Waals surface area contributed by atoms with Crippen molar-refractivity contribution in [2.45, 2.75) is 43.5 Å². The van der Waals surface area contributed by atoms with E-state index >= 15 is 0 Å². The van der Waals surface area contributed by atoms with Gasteiger partial charge in [-0.2, -0.15) is 0 Å². The Kier molecular flexibility index (Phi) is 9.30. The number of ether oxygens (including phenoxy) is 3. The van der Waals surface area contributed by atoms with Crippen molar-refractivity contribution in [3.05, 3.63) is 64.2 Å². The van der Waals surface area contributed by atoms with Crippen LogP contribution in [-0.4, -0.2) is 74.9 Å². The molecule has 0 amide bonds. The van der Waals surface area contributed by atoms with Gasteiger partial charge in [0.2, 0.25) is 10.0 Å². The van der Waals surface area contributed by atoms with E-state index < -0.39 is 40.7 Å². The van der Waals surface area contributed by atoms with Crippen LogP contribution >= 0.6 is 11.6 Å². The van der Waals surface area contributed by atoms with Crippen LogP contribution < -0.4 is 9.46 Å². The first-order chi connectivity index (χ1) is 16.1. The molecule has 34 heavy (non-hydrogen) atoms. The van der Waals surface area contributed by atoms with Crippen LogP contribution in [-0.2, 0) is 25.9 Å². The lowest BCUT2D eigenvalue weighted by Gasteiger charge is -2.40. The number of methoxy groups -OCH3 is 1. The standard InChI is InChI=1S/C23H30ClNO8S/c1-31-23-21(28)19(26)20(27)22(33-23)15-6-9-18(24)16(13-15)12-14-4-7-17(8-5-14)32-11-3-10-25-34(2,29)30/h4-9,13,19-23,25-28H,3,10-12H2,1-2H3/t19-,20-,21+,22+,23+/m1/s1. The predicted octanol–water partition coefficient (Wildman–Crippen LogP) is 1.38. The minimum Gasteiger partial charge on any atom is -0.494 e. The van der Waals surface area contributed by atoms with E-state index in [0.717, 1.165) is 17.4 Å². The van der Waals surface area contributed by atoms with Gasteiger partial charge in [0.05, 0.1) is 12.9 Å². The quantitative estimate of drug-likeness (QED) is 0.349.